The first kappa shape index (κ1) is 23.1. The molecule has 2 rings (SSSR count). The molecule has 0 saturated carbocycles. The highest BCUT2D eigenvalue weighted by Gasteiger charge is 2.28. The van der Waals surface area contributed by atoms with Crippen LogP contribution in [0.4, 0.5) is 5.00 Å². The highest BCUT2D eigenvalue weighted by atomic mass is 32.1. The predicted molar refractivity (Wildman–Crippen MR) is 115 cm³/mol. The zero-order valence-corrected chi connectivity index (χ0v) is 17.9. The monoisotopic (exact) mass is 428 g/mol. The van der Waals surface area contributed by atoms with Gasteiger partial charge in [0, 0.05) is 13.1 Å². The van der Waals surface area contributed by atoms with Gasteiger partial charge >= 0.3 is 5.97 Å². The minimum Gasteiger partial charge on any atom is -0.465 e. The SMILES string of the molecule is CCC(C(=O)Nc1sc(C(=O)NCCN)c(C)c1C(=O)OC)c1ccc(C#N)cc1. The molecule has 8 nitrogen and oxygen atoms in total. The molecule has 30 heavy (non-hydrogen) atoms. The fourth-order valence-electron chi connectivity index (χ4n) is 2.99. The van der Waals surface area contributed by atoms with Crippen LogP contribution in [0.3, 0.4) is 0 Å². The number of nitriles is 1. The van der Waals surface area contributed by atoms with Crippen molar-refractivity contribution in [1.29, 1.82) is 5.26 Å². The summed E-state index contributed by atoms with van der Waals surface area (Å²) in [5.74, 6) is -1.81. The first-order valence-electron chi connectivity index (χ1n) is 9.38. The van der Waals surface area contributed by atoms with Gasteiger partial charge in [-0.3, -0.25) is 9.59 Å². The Morgan fingerprint density at radius 2 is 1.93 bits per heavy atom. The highest BCUT2D eigenvalue weighted by molar-refractivity contribution is 7.18. The van der Waals surface area contributed by atoms with Crippen LogP contribution >= 0.6 is 11.3 Å². The normalized spacial score (nSPS) is 11.3. The second kappa shape index (κ2) is 10.5. The van der Waals surface area contributed by atoms with Crippen LogP contribution in [0, 0.1) is 18.3 Å². The molecule has 0 saturated heterocycles. The van der Waals surface area contributed by atoms with Crippen LogP contribution in [0.1, 0.15) is 56.0 Å². The molecule has 1 aromatic carbocycles. The van der Waals surface area contributed by atoms with Crippen LogP contribution in [-0.4, -0.2) is 38.0 Å². The number of hydrogen-bond acceptors (Lipinski definition) is 7. The molecule has 4 N–H and O–H groups in total. The summed E-state index contributed by atoms with van der Waals surface area (Å²) < 4.78 is 4.84. The molecule has 0 radical (unpaired) electrons. The molecule has 0 fully saturated rings. The first-order chi connectivity index (χ1) is 14.4. The molecule has 0 aliphatic carbocycles. The van der Waals surface area contributed by atoms with Crippen molar-refractivity contribution >= 4 is 34.1 Å². The number of nitrogens with zero attached hydrogens (tertiary/aromatic N) is 1. The van der Waals surface area contributed by atoms with Crippen molar-refractivity contribution < 1.29 is 19.1 Å². The summed E-state index contributed by atoms with van der Waals surface area (Å²) in [6, 6.07) is 8.82. The van der Waals surface area contributed by atoms with E-state index in [9.17, 15) is 14.4 Å². The number of ether oxygens (including phenoxy) is 1. The van der Waals surface area contributed by atoms with E-state index in [1.54, 1.807) is 31.2 Å². The van der Waals surface area contributed by atoms with Gasteiger partial charge in [0.25, 0.3) is 5.91 Å². The fourth-order valence-corrected chi connectivity index (χ4v) is 4.11. The molecule has 2 amide bonds. The van der Waals surface area contributed by atoms with Crippen molar-refractivity contribution in [2.24, 2.45) is 5.73 Å². The lowest BCUT2D eigenvalue weighted by atomic mass is 9.95. The standard InChI is InChI=1S/C21H24N4O4S/c1-4-15(14-7-5-13(11-23)6-8-14)18(26)25-20-16(21(28)29-3)12(2)17(30-20)19(27)24-10-9-22/h5-8,15H,4,9-10,22H2,1-3H3,(H,24,27)(H,25,26). The number of carbonyl (C=O) groups excluding carboxylic acids is 3. The van der Waals surface area contributed by atoms with Crippen LogP contribution in [0.15, 0.2) is 24.3 Å². The number of nitrogens with two attached hydrogens (primary N) is 1. The van der Waals surface area contributed by atoms with Crippen molar-refractivity contribution in [3.05, 3.63) is 51.4 Å². The summed E-state index contributed by atoms with van der Waals surface area (Å²) in [5.41, 5.74) is 7.27. The van der Waals surface area contributed by atoms with Crippen LogP contribution in [0.5, 0.6) is 0 Å². The summed E-state index contributed by atoms with van der Waals surface area (Å²) in [4.78, 5) is 38.0. The van der Waals surface area contributed by atoms with Gasteiger partial charge in [-0.1, -0.05) is 19.1 Å². The van der Waals surface area contributed by atoms with Gasteiger partial charge in [0.05, 0.1) is 35.1 Å². The van der Waals surface area contributed by atoms with Crippen LogP contribution < -0.4 is 16.4 Å². The maximum absolute atomic E-state index is 13.0. The van der Waals surface area contributed by atoms with E-state index < -0.39 is 11.9 Å². The Morgan fingerprint density at radius 3 is 2.47 bits per heavy atom. The molecule has 9 heteroatoms. The average Bonchev–Trinajstić information content (AvgIpc) is 3.08. The summed E-state index contributed by atoms with van der Waals surface area (Å²) >= 11 is 1.02. The molecular weight excluding hydrogens is 404 g/mol. The van der Waals surface area contributed by atoms with Gasteiger partial charge in [-0.15, -0.1) is 11.3 Å². The molecule has 0 spiro atoms. The topological polar surface area (TPSA) is 134 Å². The van der Waals surface area contributed by atoms with Crippen LogP contribution in [0.2, 0.25) is 0 Å². The Kier molecular flexibility index (Phi) is 8.09. The molecule has 0 aliphatic rings. The lowest BCUT2D eigenvalue weighted by Gasteiger charge is -2.15. The number of anilines is 1. The molecule has 0 aliphatic heterocycles. The number of rotatable bonds is 8. The Bertz CT molecular complexity index is 976. The first-order valence-corrected chi connectivity index (χ1v) is 10.2. The van der Waals surface area contributed by atoms with Gasteiger partial charge < -0.3 is 21.1 Å². The smallest absolute Gasteiger partial charge is 0.341 e. The van der Waals surface area contributed by atoms with E-state index in [1.165, 1.54) is 7.11 Å². The number of carbonyl (C=O) groups is 3. The Hall–Kier alpha value is -3.22. The molecule has 1 unspecified atom stereocenters. The summed E-state index contributed by atoms with van der Waals surface area (Å²) in [7, 11) is 1.24. The van der Waals surface area contributed by atoms with Gasteiger partial charge in [-0.2, -0.15) is 5.26 Å². The van der Waals surface area contributed by atoms with Gasteiger partial charge in [0.2, 0.25) is 5.91 Å². The minimum absolute atomic E-state index is 0.156. The summed E-state index contributed by atoms with van der Waals surface area (Å²) in [6.45, 7) is 4.08. The van der Waals surface area contributed by atoms with Crippen molar-refractivity contribution in [3.63, 3.8) is 0 Å². The fraction of sp³-hybridized carbons (Fsp3) is 0.333. The third-order valence-electron chi connectivity index (χ3n) is 4.58. The third kappa shape index (κ3) is 5.03. The summed E-state index contributed by atoms with van der Waals surface area (Å²) in [6.07, 6.45) is 0.513. The quantitative estimate of drug-likeness (QED) is 0.553. The van der Waals surface area contributed by atoms with Crippen LogP contribution in [-0.2, 0) is 9.53 Å². The predicted octanol–water partition coefficient (Wildman–Crippen LogP) is 2.54. The van der Waals surface area contributed by atoms with E-state index in [0.717, 1.165) is 16.9 Å². The van der Waals surface area contributed by atoms with Crippen molar-refractivity contribution in [2.75, 3.05) is 25.5 Å². The molecule has 0 bridgehead atoms. The zero-order valence-electron chi connectivity index (χ0n) is 17.1. The minimum atomic E-state index is -0.636. The van der Waals surface area contributed by atoms with E-state index >= 15 is 0 Å². The molecule has 1 aromatic heterocycles. The maximum Gasteiger partial charge on any atom is 0.341 e. The van der Waals surface area contributed by atoms with Crippen molar-refractivity contribution in [2.45, 2.75) is 26.2 Å². The highest BCUT2D eigenvalue weighted by Crippen LogP contribution is 2.35. The van der Waals surface area contributed by atoms with Crippen molar-refractivity contribution in [1.82, 2.24) is 5.32 Å². The van der Waals surface area contributed by atoms with E-state index in [2.05, 4.69) is 10.6 Å². The number of hydrogen-bond donors (Lipinski definition) is 3. The van der Waals surface area contributed by atoms with E-state index in [0.29, 0.717) is 29.0 Å². The second-order valence-corrected chi connectivity index (χ2v) is 7.50. The van der Waals surface area contributed by atoms with Gasteiger partial charge in [-0.25, -0.2) is 4.79 Å². The Balaban J connectivity index is 2.36. The second-order valence-electron chi connectivity index (χ2n) is 6.48. The Labute approximate surface area is 179 Å². The number of thiophene rings is 1. The average molecular weight is 429 g/mol. The summed E-state index contributed by atoms with van der Waals surface area (Å²) in [5, 5.41) is 14.7. The molecule has 1 heterocycles. The van der Waals surface area contributed by atoms with Gasteiger partial charge in [0.15, 0.2) is 0 Å². The zero-order chi connectivity index (χ0) is 22.3. The van der Waals surface area contributed by atoms with E-state index in [4.69, 9.17) is 15.7 Å². The maximum atomic E-state index is 13.0. The number of benzene rings is 1. The van der Waals surface area contributed by atoms with E-state index in [-0.39, 0.29) is 28.9 Å². The molecule has 1 atom stereocenters. The van der Waals surface area contributed by atoms with Crippen molar-refractivity contribution in [3.8, 4) is 6.07 Å². The lowest BCUT2D eigenvalue weighted by molar-refractivity contribution is -0.117. The van der Waals surface area contributed by atoms with Gasteiger partial charge in [0.1, 0.15) is 5.00 Å². The Morgan fingerprint density at radius 1 is 1.27 bits per heavy atom. The van der Waals surface area contributed by atoms with E-state index in [1.807, 2.05) is 13.0 Å². The number of methoxy groups -OCH3 is 1. The lowest BCUT2D eigenvalue weighted by Crippen LogP contribution is -2.28. The largest absolute Gasteiger partial charge is 0.465 e. The van der Waals surface area contributed by atoms with Crippen LogP contribution in [0.25, 0.3) is 0 Å². The molecule has 158 valence electrons. The van der Waals surface area contributed by atoms with Gasteiger partial charge in [-0.05, 0) is 36.6 Å². The molecular formula is C21H24N4O4S. The molecule has 2 aromatic rings. The third-order valence-corrected chi connectivity index (χ3v) is 5.78. The number of nitrogens with one attached hydrogen (secondary N) is 2. The number of amides is 2. The number of esters is 1.